The average molecular weight is 501 g/mol. The molecule has 2 aromatic carbocycles. The van der Waals surface area contributed by atoms with Crippen molar-refractivity contribution in [1.29, 1.82) is 0 Å². The van der Waals surface area contributed by atoms with Crippen molar-refractivity contribution >= 4 is 58.8 Å². The van der Waals surface area contributed by atoms with Gasteiger partial charge in [0.15, 0.2) is 0 Å². The quantitative estimate of drug-likeness (QED) is 0.208. The molecule has 0 saturated carbocycles. The summed E-state index contributed by atoms with van der Waals surface area (Å²) >= 11 is 0. The lowest BCUT2D eigenvalue weighted by atomic mass is 10.1. The Bertz CT molecular complexity index is 1200. The molecule has 0 saturated heterocycles. The fraction of sp³-hybridized carbons (Fsp3) is 0.217. The van der Waals surface area contributed by atoms with Gasteiger partial charge in [0.2, 0.25) is 17.7 Å². The number of anilines is 5. The van der Waals surface area contributed by atoms with Gasteiger partial charge in [-0.3, -0.25) is 14.9 Å². The molecule has 0 unspecified atom stereocenters. The number of carbonyl (C=O) groups excluding carboxylic acids is 2. The Kier molecular flexibility index (Phi) is 9.47. The topological polar surface area (TPSA) is 148 Å². The van der Waals surface area contributed by atoms with E-state index in [1.54, 1.807) is 48.5 Å². The lowest BCUT2D eigenvalue weighted by molar-refractivity contribution is -0.384. The number of esters is 1. The second kappa shape index (κ2) is 12.3. The van der Waals surface area contributed by atoms with Crippen molar-refractivity contribution in [3.63, 3.8) is 0 Å². The van der Waals surface area contributed by atoms with Gasteiger partial charge in [0.1, 0.15) is 6.20 Å². The van der Waals surface area contributed by atoms with Crippen LogP contribution in [0.2, 0.25) is 0 Å². The molecule has 0 fully saturated rings. The second-order valence-electron chi connectivity index (χ2n) is 7.73. The molecule has 35 heavy (non-hydrogen) atoms. The lowest BCUT2D eigenvalue weighted by Gasteiger charge is -2.13. The standard InChI is InChI=1S/C23H24N6O5.ClH/c1-14(2)13-34-22(31)18-6-4-5-7-19(18)27-21-20(29(32)33)12-24-23(28-21)26-17-10-8-16(9-11-17)25-15(3)30;/h4-12,14H,13H2,1-3H3,(H,25,30)(H2,24,26,27,28);1H. The van der Waals surface area contributed by atoms with Crippen LogP contribution in [-0.4, -0.2) is 33.4 Å². The third kappa shape index (κ3) is 7.64. The Balaban J connectivity index is 0.00000432. The van der Waals surface area contributed by atoms with Crippen molar-refractivity contribution in [2.45, 2.75) is 20.8 Å². The maximum atomic E-state index is 12.5. The van der Waals surface area contributed by atoms with Crippen LogP contribution in [0.4, 0.5) is 34.5 Å². The molecule has 11 nitrogen and oxygen atoms in total. The van der Waals surface area contributed by atoms with E-state index in [-0.39, 0.29) is 53.9 Å². The maximum absolute atomic E-state index is 12.5. The van der Waals surface area contributed by atoms with Crippen LogP contribution in [-0.2, 0) is 9.53 Å². The molecule has 3 rings (SSSR count). The number of amides is 1. The number of hydrogen-bond acceptors (Lipinski definition) is 9. The van der Waals surface area contributed by atoms with Gasteiger partial charge in [-0.25, -0.2) is 9.78 Å². The van der Waals surface area contributed by atoms with Gasteiger partial charge in [-0.1, -0.05) is 26.0 Å². The largest absolute Gasteiger partial charge is 0.462 e. The molecular formula is C23H25ClN6O5. The Hall–Kier alpha value is -4.25. The molecule has 1 heterocycles. The molecule has 0 bridgehead atoms. The van der Waals surface area contributed by atoms with Crippen molar-refractivity contribution < 1.29 is 19.2 Å². The fourth-order valence-electron chi connectivity index (χ4n) is 2.85. The van der Waals surface area contributed by atoms with Gasteiger partial charge in [-0.2, -0.15) is 4.98 Å². The first-order chi connectivity index (χ1) is 16.2. The number of ether oxygens (including phenoxy) is 1. The molecule has 0 aliphatic carbocycles. The minimum Gasteiger partial charge on any atom is -0.462 e. The van der Waals surface area contributed by atoms with E-state index < -0.39 is 10.9 Å². The summed E-state index contributed by atoms with van der Waals surface area (Å²) in [6.45, 7) is 5.50. The second-order valence-corrected chi connectivity index (χ2v) is 7.73. The summed E-state index contributed by atoms with van der Waals surface area (Å²) in [6.07, 6.45) is 1.07. The summed E-state index contributed by atoms with van der Waals surface area (Å²) in [4.78, 5) is 42.8. The summed E-state index contributed by atoms with van der Waals surface area (Å²) < 4.78 is 5.30. The molecule has 0 aliphatic heterocycles. The number of hydrogen-bond donors (Lipinski definition) is 3. The van der Waals surface area contributed by atoms with Gasteiger partial charge >= 0.3 is 11.7 Å². The number of nitrogens with zero attached hydrogens (tertiary/aromatic N) is 3. The highest BCUT2D eigenvalue weighted by atomic mass is 35.5. The van der Waals surface area contributed by atoms with Crippen molar-refractivity contribution in [1.82, 2.24) is 9.97 Å². The molecule has 0 aliphatic rings. The zero-order chi connectivity index (χ0) is 24.7. The number of halogens is 1. The van der Waals surface area contributed by atoms with Crippen LogP contribution in [0.15, 0.2) is 54.7 Å². The van der Waals surface area contributed by atoms with E-state index in [0.29, 0.717) is 17.1 Å². The van der Waals surface area contributed by atoms with Crippen LogP contribution in [0, 0.1) is 16.0 Å². The number of para-hydroxylation sites is 1. The number of carbonyl (C=O) groups is 2. The molecule has 184 valence electrons. The van der Waals surface area contributed by atoms with E-state index in [4.69, 9.17) is 4.74 Å². The van der Waals surface area contributed by atoms with Crippen molar-refractivity contribution in [3.05, 3.63) is 70.4 Å². The van der Waals surface area contributed by atoms with E-state index in [2.05, 4.69) is 25.9 Å². The van der Waals surface area contributed by atoms with E-state index in [9.17, 15) is 19.7 Å². The first-order valence-electron chi connectivity index (χ1n) is 10.4. The van der Waals surface area contributed by atoms with Crippen molar-refractivity contribution in [2.24, 2.45) is 5.92 Å². The third-order valence-electron chi connectivity index (χ3n) is 4.38. The van der Waals surface area contributed by atoms with Gasteiger partial charge in [-0.05, 0) is 42.3 Å². The average Bonchev–Trinajstić information content (AvgIpc) is 2.79. The highest BCUT2D eigenvalue weighted by Gasteiger charge is 2.21. The van der Waals surface area contributed by atoms with E-state index in [1.807, 2.05) is 13.8 Å². The van der Waals surface area contributed by atoms with E-state index >= 15 is 0 Å². The van der Waals surface area contributed by atoms with Crippen LogP contribution in [0.3, 0.4) is 0 Å². The molecule has 3 N–H and O–H groups in total. The molecule has 0 spiro atoms. The summed E-state index contributed by atoms with van der Waals surface area (Å²) in [7, 11) is 0. The molecular weight excluding hydrogens is 476 g/mol. The first kappa shape index (κ1) is 27.0. The van der Waals surface area contributed by atoms with Gasteiger partial charge < -0.3 is 20.7 Å². The number of nitro groups is 1. The Morgan fingerprint density at radius 3 is 2.34 bits per heavy atom. The van der Waals surface area contributed by atoms with Gasteiger partial charge in [-0.15, -0.1) is 12.4 Å². The fourth-order valence-corrected chi connectivity index (χ4v) is 2.85. The van der Waals surface area contributed by atoms with Gasteiger partial charge in [0.25, 0.3) is 0 Å². The normalized spacial score (nSPS) is 10.2. The number of rotatable bonds is 9. The zero-order valence-corrected chi connectivity index (χ0v) is 20.1. The first-order valence-corrected chi connectivity index (χ1v) is 10.4. The Morgan fingerprint density at radius 1 is 1.06 bits per heavy atom. The van der Waals surface area contributed by atoms with E-state index in [0.717, 1.165) is 6.20 Å². The van der Waals surface area contributed by atoms with Crippen LogP contribution in [0.1, 0.15) is 31.1 Å². The highest BCUT2D eigenvalue weighted by molar-refractivity contribution is 5.96. The summed E-state index contributed by atoms with van der Waals surface area (Å²) in [5, 5.41) is 20.0. The van der Waals surface area contributed by atoms with Crippen molar-refractivity contribution in [3.8, 4) is 0 Å². The van der Waals surface area contributed by atoms with Crippen LogP contribution in [0.25, 0.3) is 0 Å². The summed E-state index contributed by atoms with van der Waals surface area (Å²) in [5.74, 6) is -0.579. The monoisotopic (exact) mass is 500 g/mol. The molecule has 0 atom stereocenters. The molecule has 1 aromatic heterocycles. The lowest BCUT2D eigenvalue weighted by Crippen LogP contribution is -2.12. The minimum atomic E-state index is -0.617. The molecule has 12 heteroatoms. The number of benzene rings is 2. The zero-order valence-electron chi connectivity index (χ0n) is 19.3. The Morgan fingerprint density at radius 2 is 1.71 bits per heavy atom. The van der Waals surface area contributed by atoms with Crippen LogP contribution < -0.4 is 16.0 Å². The number of aromatic nitrogens is 2. The predicted octanol–water partition coefficient (Wildman–Crippen LogP) is 5.07. The molecule has 3 aromatic rings. The number of nitrogens with one attached hydrogen (secondary N) is 3. The van der Waals surface area contributed by atoms with E-state index in [1.165, 1.54) is 6.92 Å². The van der Waals surface area contributed by atoms with Crippen molar-refractivity contribution in [2.75, 3.05) is 22.6 Å². The highest BCUT2D eigenvalue weighted by Crippen LogP contribution is 2.29. The SMILES string of the molecule is CC(=O)Nc1ccc(Nc2ncc([N+](=O)[O-])c(Nc3ccccc3C(=O)OCC(C)C)n2)cc1.Cl. The summed E-state index contributed by atoms with van der Waals surface area (Å²) in [6, 6.07) is 13.3. The molecule has 0 radical (unpaired) electrons. The smallest absolute Gasteiger partial charge is 0.340 e. The third-order valence-corrected chi connectivity index (χ3v) is 4.38. The van der Waals surface area contributed by atoms with Crippen LogP contribution >= 0.6 is 12.4 Å². The minimum absolute atomic E-state index is 0. The summed E-state index contributed by atoms with van der Waals surface area (Å²) in [5.41, 5.74) is 1.39. The maximum Gasteiger partial charge on any atom is 0.340 e. The molecule has 1 amide bonds. The van der Waals surface area contributed by atoms with Gasteiger partial charge in [0.05, 0.1) is 22.8 Å². The van der Waals surface area contributed by atoms with Gasteiger partial charge in [0, 0.05) is 18.3 Å². The van der Waals surface area contributed by atoms with Crippen LogP contribution in [0.5, 0.6) is 0 Å². The predicted molar refractivity (Wildman–Crippen MR) is 135 cm³/mol. The Labute approximate surface area is 207 Å².